The summed E-state index contributed by atoms with van der Waals surface area (Å²) >= 11 is 5.90. The molecule has 5 heteroatoms. The number of nitrogens with two attached hydrogens (primary N) is 1. The molecule has 0 aliphatic heterocycles. The van der Waals surface area contributed by atoms with E-state index in [0.29, 0.717) is 0 Å². The van der Waals surface area contributed by atoms with Gasteiger partial charge in [-0.15, -0.1) is 0 Å². The SMILES string of the molecule is Cn1nc(CC(N)c2cc(I)ccc2Br)c2ccccc21. The molecule has 2 aromatic carbocycles. The minimum Gasteiger partial charge on any atom is -0.324 e. The number of para-hydroxylation sites is 1. The number of fused-ring (bicyclic) bond motifs is 1. The lowest BCUT2D eigenvalue weighted by Crippen LogP contribution is -2.15. The maximum atomic E-state index is 6.41. The van der Waals surface area contributed by atoms with Crippen LogP contribution in [0.5, 0.6) is 0 Å². The molecule has 0 fully saturated rings. The molecular formula is C16H15BrIN3. The number of nitrogens with zero attached hydrogens (tertiary/aromatic N) is 2. The van der Waals surface area contributed by atoms with E-state index in [9.17, 15) is 0 Å². The number of benzene rings is 2. The second-order valence-corrected chi connectivity index (χ2v) is 7.16. The summed E-state index contributed by atoms with van der Waals surface area (Å²) in [5, 5.41) is 5.80. The summed E-state index contributed by atoms with van der Waals surface area (Å²) in [5.74, 6) is 0. The summed E-state index contributed by atoms with van der Waals surface area (Å²) in [6.07, 6.45) is 0.722. The fraction of sp³-hybridized carbons (Fsp3) is 0.188. The average Bonchev–Trinajstić information content (AvgIpc) is 2.78. The minimum absolute atomic E-state index is 0.0765. The van der Waals surface area contributed by atoms with Gasteiger partial charge in [-0.1, -0.05) is 34.1 Å². The summed E-state index contributed by atoms with van der Waals surface area (Å²) in [7, 11) is 1.97. The van der Waals surface area contributed by atoms with Gasteiger partial charge >= 0.3 is 0 Å². The molecule has 0 bridgehead atoms. The summed E-state index contributed by atoms with van der Waals surface area (Å²) in [5.41, 5.74) is 9.72. The minimum atomic E-state index is -0.0765. The predicted molar refractivity (Wildman–Crippen MR) is 98.2 cm³/mol. The molecule has 1 unspecified atom stereocenters. The van der Waals surface area contributed by atoms with E-state index >= 15 is 0 Å². The van der Waals surface area contributed by atoms with E-state index in [4.69, 9.17) is 5.73 Å². The fourth-order valence-electron chi connectivity index (χ4n) is 2.56. The Labute approximate surface area is 145 Å². The van der Waals surface area contributed by atoms with Crippen molar-refractivity contribution in [2.24, 2.45) is 12.8 Å². The van der Waals surface area contributed by atoms with Gasteiger partial charge in [-0.05, 0) is 52.4 Å². The average molecular weight is 456 g/mol. The molecule has 0 amide bonds. The molecule has 1 atom stereocenters. The number of aromatic nitrogens is 2. The molecule has 3 nitrogen and oxygen atoms in total. The molecule has 0 aliphatic carbocycles. The Morgan fingerprint density at radius 1 is 1.29 bits per heavy atom. The lowest BCUT2D eigenvalue weighted by atomic mass is 10.0. The van der Waals surface area contributed by atoms with Crippen LogP contribution >= 0.6 is 38.5 Å². The predicted octanol–water partition coefficient (Wildman–Crippen LogP) is 4.18. The largest absolute Gasteiger partial charge is 0.324 e. The van der Waals surface area contributed by atoms with Crippen molar-refractivity contribution in [2.45, 2.75) is 12.5 Å². The quantitative estimate of drug-likeness (QED) is 0.602. The number of aryl methyl sites for hydroxylation is 1. The summed E-state index contributed by atoms with van der Waals surface area (Å²) < 4.78 is 4.16. The van der Waals surface area contributed by atoms with Crippen molar-refractivity contribution in [3.8, 4) is 0 Å². The van der Waals surface area contributed by atoms with Gasteiger partial charge in [0.05, 0.1) is 11.2 Å². The summed E-state index contributed by atoms with van der Waals surface area (Å²) in [4.78, 5) is 0. The molecule has 1 heterocycles. The van der Waals surface area contributed by atoms with Crippen molar-refractivity contribution in [3.63, 3.8) is 0 Å². The van der Waals surface area contributed by atoms with Crippen LogP contribution in [0.4, 0.5) is 0 Å². The van der Waals surface area contributed by atoms with Gasteiger partial charge in [0.1, 0.15) is 0 Å². The van der Waals surface area contributed by atoms with Crippen LogP contribution in [0.2, 0.25) is 0 Å². The Balaban J connectivity index is 1.96. The molecule has 2 N–H and O–H groups in total. The van der Waals surface area contributed by atoms with Gasteiger partial charge in [-0.3, -0.25) is 4.68 Å². The van der Waals surface area contributed by atoms with Crippen molar-refractivity contribution in [1.82, 2.24) is 9.78 Å². The van der Waals surface area contributed by atoms with Crippen LogP contribution in [0, 0.1) is 3.57 Å². The third kappa shape index (κ3) is 3.00. The van der Waals surface area contributed by atoms with Crippen LogP contribution in [0.15, 0.2) is 46.9 Å². The van der Waals surface area contributed by atoms with E-state index in [1.165, 1.54) is 8.96 Å². The van der Waals surface area contributed by atoms with Gasteiger partial charge in [-0.2, -0.15) is 5.10 Å². The van der Waals surface area contributed by atoms with E-state index < -0.39 is 0 Å². The first kappa shape index (κ1) is 15.0. The maximum absolute atomic E-state index is 6.41. The third-order valence-corrected chi connectivity index (χ3v) is 5.00. The zero-order valence-electron chi connectivity index (χ0n) is 11.6. The number of hydrogen-bond acceptors (Lipinski definition) is 2. The molecular weight excluding hydrogens is 441 g/mol. The van der Waals surface area contributed by atoms with Gasteiger partial charge in [-0.25, -0.2) is 0 Å². The van der Waals surface area contributed by atoms with Gasteiger partial charge in [0.25, 0.3) is 0 Å². The van der Waals surface area contributed by atoms with Crippen LogP contribution in [-0.2, 0) is 13.5 Å². The Hall–Kier alpha value is -0.920. The standard InChI is InChI=1S/C16H15BrIN3/c1-21-16-5-3-2-4-11(16)15(20-21)9-14(19)12-8-10(18)6-7-13(12)17/h2-8,14H,9,19H2,1H3. The Morgan fingerprint density at radius 2 is 2.05 bits per heavy atom. The highest BCUT2D eigenvalue weighted by atomic mass is 127. The van der Waals surface area contributed by atoms with Gasteiger partial charge in [0.15, 0.2) is 0 Å². The number of hydrogen-bond donors (Lipinski definition) is 1. The molecule has 0 spiro atoms. The van der Waals surface area contributed by atoms with Crippen LogP contribution in [-0.4, -0.2) is 9.78 Å². The van der Waals surface area contributed by atoms with E-state index in [1.807, 2.05) is 29.9 Å². The number of halogens is 2. The zero-order chi connectivity index (χ0) is 15.0. The zero-order valence-corrected chi connectivity index (χ0v) is 15.3. The Morgan fingerprint density at radius 3 is 2.86 bits per heavy atom. The van der Waals surface area contributed by atoms with E-state index in [-0.39, 0.29) is 6.04 Å². The molecule has 21 heavy (non-hydrogen) atoms. The van der Waals surface area contributed by atoms with Gasteiger partial charge < -0.3 is 5.73 Å². The molecule has 108 valence electrons. The lowest BCUT2D eigenvalue weighted by Gasteiger charge is -2.13. The van der Waals surface area contributed by atoms with E-state index in [0.717, 1.165) is 27.7 Å². The molecule has 1 aromatic heterocycles. The van der Waals surface area contributed by atoms with Crippen LogP contribution in [0.25, 0.3) is 10.9 Å². The van der Waals surface area contributed by atoms with Crippen LogP contribution in [0.1, 0.15) is 17.3 Å². The van der Waals surface area contributed by atoms with Crippen LogP contribution in [0.3, 0.4) is 0 Å². The second-order valence-electron chi connectivity index (χ2n) is 5.06. The third-order valence-electron chi connectivity index (χ3n) is 3.61. The molecule has 0 saturated carbocycles. The second kappa shape index (κ2) is 6.06. The first-order chi connectivity index (χ1) is 10.1. The van der Waals surface area contributed by atoms with Crippen molar-refractivity contribution in [2.75, 3.05) is 0 Å². The Kier molecular flexibility index (Phi) is 4.33. The highest BCUT2D eigenvalue weighted by Crippen LogP contribution is 2.28. The fourth-order valence-corrected chi connectivity index (χ4v) is 3.61. The molecule has 3 aromatic rings. The summed E-state index contributed by atoms with van der Waals surface area (Å²) in [6, 6.07) is 14.4. The van der Waals surface area contributed by atoms with Crippen molar-refractivity contribution >= 4 is 49.4 Å². The smallest absolute Gasteiger partial charge is 0.0722 e. The van der Waals surface area contributed by atoms with Gasteiger partial charge in [0, 0.05) is 32.9 Å². The topological polar surface area (TPSA) is 43.8 Å². The highest BCUT2D eigenvalue weighted by Gasteiger charge is 2.15. The van der Waals surface area contributed by atoms with E-state index in [2.05, 4.69) is 67.9 Å². The monoisotopic (exact) mass is 455 g/mol. The van der Waals surface area contributed by atoms with Crippen LogP contribution < -0.4 is 5.73 Å². The molecule has 3 rings (SSSR count). The van der Waals surface area contributed by atoms with Crippen molar-refractivity contribution in [1.29, 1.82) is 0 Å². The first-order valence-electron chi connectivity index (χ1n) is 6.67. The molecule has 0 saturated heterocycles. The normalized spacial score (nSPS) is 12.8. The highest BCUT2D eigenvalue weighted by molar-refractivity contribution is 14.1. The molecule has 0 aliphatic rings. The van der Waals surface area contributed by atoms with Crippen molar-refractivity contribution < 1.29 is 0 Å². The Bertz CT molecular complexity index is 797. The summed E-state index contributed by atoms with van der Waals surface area (Å²) in [6.45, 7) is 0. The van der Waals surface area contributed by atoms with E-state index in [1.54, 1.807) is 0 Å². The lowest BCUT2D eigenvalue weighted by molar-refractivity contribution is 0.679. The van der Waals surface area contributed by atoms with Gasteiger partial charge in [0.2, 0.25) is 0 Å². The first-order valence-corrected chi connectivity index (χ1v) is 8.54. The van der Waals surface area contributed by atoms with Crippen molar-refractivity contribution in [3.05, 3.63) is 61.8 Å². The number of rotatable bonds is 3. The molecule has 0 radical (unpaired) electrons. The maximum Gasteiger partial charge on any atom is 0.0722 e.